The summed E-state index contributed by atoms with van der Waals surface area (Å²) in [5, 5.41) is 11.3. The van der Waals surface area contributed by atoms with E-state index in [2.05, 4.69) is 15.6 Å². The molecule has 0 bridgehead atoms. The van der Waals surface area contributed by atoms with Gasteiger partial charge in [-0.2, -0.15) is 0 Å². The molecule has 5 aromatic rings. The van der Waals surface area contributed by atoms with Crippen molar-refractivity contribution in [3.8, 4) is 28.7 Å². The van der Waals surface area contributed by atoms with Crippen LogP contribution in [0.5, 0.6) is 28.7 Å². The van der Waals surface area contributed by atoms with Crippen molar-refractivity contribution < 1.29 is 37.7 Å². The van der Waals surface area contributed by atoms with Crippen molar-refractivity contribution in [2.75, 3.05) is 40.9 Å². The normalized spacial score (nSPS) is 11.4. The summed E-state index contributed by atoms with van der Waals surface area (Å²) in [5.41, 5.74) is 2.52. The van der Waals surface area contributed by atoms with Gasteiger partial charge >= 0.3 is 0 Å². The van der Waals surface area contributed by atoms with Crippen LogP contribution < -0.4 is 29.0 Å². The smallest absolute Gasteiger partial charge is 0.251 e. The number of hydrogen-bond donors (Lipinski definition) is 1. The summed E-state index contributed by atoms with van der Waals surface area (Å²) in [6, 6.07) is 19.8. The van der Waals surface area contributed by atoms with Crippen LogP contribution in [0.15, 0.2) is 78.9 Å². The van der Waals surface area contributed by atoms with E-state index in [-0.39, 0.29) is 24.6 Å². The molecule has 2 amide bonds. The van der Waals surface area contributed by atoms with Crippen molar-refractivity contribution in [3.05, 3.63) is 95.8 Å². The summed E-state index contributed by atoms with van der Waals surface area (Å²) >= 11 is 0. The first-order valence-corrected chi connectivity index (χ1v) is 14.4. The number of para-hydroxylation sites is 1. The Bertz CT molecular complexity index is 1850. The van der Waals surface area contributed by atoms with Gasteiger partial charge in [0.15, 0.2) is 11.5 Å². The van der Waals surface area contributed by atoms with Gasteiger partial charge < -0.3 is 33.9 Å². The lowest BCUT2D eigenvalue weighted by molar-refractivity contribution is -0.140. The Morgan fingerprint density at radius 2 is 1.51 bits per heavy atom. The van der Waals surface area contributed by atoms with E-state index >= 15 is 0 Å². The maximum Gasteiger partial charge on any atom is 0.251 e. The zero-order valence-electron chi connectivity index (χ0n) is 26.5. The second kappa shape index (κ2) is 14.5. The standard InChI is InChI=1S/C34H34FN5O7/c1-43-24-14-15-26(28(18-24)44-2)36-34(42)32(22-16-29(45-3)33(47-5)30(17-22)46-4)39(19-21-10-12-23(35)13-11-21)31(41)20-40-27-9-7-6-8-25(27)37-38-40/h6-18,32H,19-20H2,1-5H3,(H,36,42). The third-order valence-electron chi connectivity index (χ3n) is 7.52. The molecule has 5 rings (SSSR count). The van der Waals surface area contributed by atoms with Crippen LogP contribution in [0.1, 0.15) is 17.2 Å². The molecule has 47 heavy (non-hydrogen) atoms. The Kier molecular flexibility index (Phi) is 10.0. The minimum atomic E-state index is -1.28. The molecule has 12 nitrogen and oxygen atoms in total. The number of methoxy groups -OCH3 is 5. The van der Waals surface area contributed by atoms with E-state index < -0.39 is 23.7 Å². The first-order chi connectivity index (χ1) is 22.8. The van der Waals surface area contributed by atoms with Crippen LogP contribution >= 0.6 is 0 Å². The van der Waals surface area contributed by atoms with Gasteiger partial charge in [0.2, 0.25) is 11.7 Å². The number of anilines is 1. The van der Waals surface area contributed by atoms with Crippen LogP contribution in [0.25, 0.3) is 11.0 Å². The number of hydrogen-bond acceptors (Lipinski definition) is 9. The molecule has 4 aromatic carbocycles. The van der Waals surface area contributed by atoms with Gasteiger partial charge in [-0.15, -0.1) is 5.10 Å². The van der Waals surface area contributed by atoms with Crippen molar-refractivity contribution in [1.82, 2.24) is 19.9 Å². The SMILES string of the molecule is COc1ccc(NC(=O)C(c2cc(OC)c(OC)c(OC)c2)N(Cc2ccc(F)cc2)C(=O)Cn2nnc3ccccc32)c(OC)c1. The highest BCUT2D eigenvalue weighted by Crippen LogP contribution is 2.42. The van der Waals surface area contributed by atoms with E-state index in [1.807, 2.05) is 12.1 Å². The average molecular weight is 644 g/mol. The molecule has 0 fully saturated rings. The Balaban J connectivity index is 1.65. The molecule has 0 saturated carbocycles. The van der Waals surface area contributed by atoms with Crippen LogP contribution in [0, 0.1) is 5.82 Å². The molecule has 1 N–H and O–H groups in total. The van der Waals surface area contributed by atoms with Gasteiger partial charge in [-0.05, 0) is 59.7 Å². The molecule has 1 heterocycles. The second-order valence-electron chi connectivity index (χ2n) is 10.3. The van der Waals surface area contributed by atoms with Crippen molar-refractivity contribution >= 4 is 28.5 Å². The van der Waals surface area contributed by atoms with Gasteiger partial charge in [-0.1, -0.05) is 29.5 Å². The number of halogens is 1. The van der Waals surface area contributed by atoms with Crippen LogP contribution in [0.2, 0.25) is 0 Å². The quantitative estimate of drug-likeness (QED) is 0.188. The summed E-state index contributed by atoms with van der Waals surface area (Å²) in [4.78, 5) is 30.3. The molecule has 0 saturated heterocycles. The molecule has 1 unspecified atom stereocenters. The zero-order chi connectivity index (χ0) is 33.5. The van der Waals surface area contributed by atoms with Gasteiger partial charge in [-0.25, -0.2) is 9.07 Å². The number of rotatable bonds is 13. The van der Waals surface area contributed by atoms with E-state index in [0.29, 0.717) is 45.1 Å². The highest BCUT2D eigenvalue weighted by Gasteiger charge is 2.34. The number of nitrogens with zero attached hydrogens (tertiary/aromatic N) is 4. The molecule has 0 aliphatic heterocycles. The zero-order valence-corrected chi connectivity index (χ0v) is 26.5. The highest BCUT2D eigenvalue weighted by atomic mass is 19.1. The van der Waals surface area contributed by atoms with Gasteiger partial charge in [0.05, 0.1) is 46.8 Å². The summed E-state index contributed by atoms with van der Waals surface area (Å²) in [6.45, 7) is -0.317. The third-order valence-corrected chi connectivity index (χ3v) is 7.52. The maximum atomic E-state index is 14.5. The topological polar surface area (TPSA) is 126 Å². The Morgan fingerprint density at radius 1 is 0.830 bits per heavy atom. The number of fused-ring (bicyclic) bond motifs is 1. The fraction of sp³-hybridized carbons (Fsp3) is 0.235. The van der Waals surface area contributed by atoms with E-state index in [9.17, 15) is 14.0 Å². The molecule has 244 valence electrons. The minimum absolute atomic E-state index is 0.0692. The third kappa shape index (κ3) is 7.03. The molecule has 0 aliphatic carbocycles. The molecule has 0 radical (unpaired) electrons. The maximum absolute atomic E-state index is 14.5. The lowest BCUT2D eigenvalue weighted by Gasteiger charge is -2.32. The summed E-state index contributed by atoms with van der Waals surface area (Å²) in [6.07, 6.45) is 0. The Hall–Kier alpha value is -5.85. The van der Waals surface area contributed by atoms with Gasteiger partial charge in [0.1, 0.15) is 35.4 Å². The monoisotopic (exact) mass is 643 g/mol. The minimum Gasteiger partial charge on any atom is -0.497 e. The summed E-state index contributed by atoms with van der Waals surface area (Å²) in [7, 11) is 7.36. The second-order valence-corrected chi connectivity index (χ2v) is 10.3. The predicted octanol–water partition coefficient (Wildman–Crippen LogP) is 5.02. The fourth-order valence-corrected chi connectivity index (χ4v) is 5.20. The van der Waals surface area contributed by atoms with Gasteiger partial charge in [-0.3, -0.25) is 9.59 Å². The Morgan fingerprint density at radius 3 is 2.15 bits per heavy atom. The first kappa shape index (κ1) is 32.5. The molecule has 1 atom stereocenters. The van der Waals surface area contributed by atoms with Crippen LogP contribution in [-0.4, -0.2) is 67.3 Å². The average Bonchev–Trinajstić information content (AvgIpc) is 3.50. The van der Waals surface area contributed by atoms with Crippen molar-refractivity contribution in [1.29, 1.82) is 0 Å². The van der Waals surface area contributed by atoms with Crippen LogP contribution in [0.3, 0.4) is 0 Å². The Labute approximate surface area is 270 Å². The largest absolute Gasteiger partial charge is 0.497 e. The highest BCUT2D eigenvalue weighted by molar-refractivity contribution is 5.99. The van der Waals surface area contributed by atoms with E-state index in [4.69, 9.17) is 23.7 Å². The summed E-state index contributed by atoms with van der Waals surface area (Å²) < 4.78 is 42.9. The van der Waals surface area contributed by atoms with Crippen molar-refractivity contribution in [2.45, 2.75) is 19.1 Å². The van der Waals surface area contributed by atoms with Crippen molar-refractivity contribution in [3.63, 3.8) is 0 Å². The number of ether oxygens (including phenoxy) is 5. The first-order valence-electron chi connectivity index (χ1n) is 14.4. The molecular weight excluding hydrogens is 609 g/mol. The molecule has 13 heteroatoms. The van der Waals surface area contributed by atoms with E-state index in [1.54, 1.807) is 54.6 Å². The van der Waals surface area contributed by atoms with Crippen LogP contribution in [0.4, 0.5) is 10.1 Å². The summed E-state index contributed by atoms with van der Waals surface area (Å²) in [5.74, 6) is 0.228. The van der Waals surface area contributed by atoms with Gasteiger partial charge in [0.25, 0.3) is 5.91 Å². The lowest BCUT2D eigenvalue weighted by atomic mass is 10.0. The lowest BCUT2D eigenvalue weighted by Crippen LogP contribution is -2.42. The fourth-order valence-electron chi connectivity index (χ4n) is 5.20. The van der Waals surface area contributed by atoms with Gasteiger partial charge in [0, 0.05) is 12.6 Å². The number of carbonyl (C=O) groups is 2. The molecular formula is C34H34FN5O7. The molecule has 0 aliphatic rings. The van der Waals surface area contributed by atoms with E-state index in [0.717, 1.165) is 0 Å². The molecule has 1 aromatic heterocycles. The molecule has 0 spiro atoms. The number of amides is 2. The van der Waals surface area contributed by atoms with Crippen molar-refractivity contribution in [2.24, 2.45) is 0 Å². The predicted molar refractivity (Wildman–Crippen MR) is 171 cm³/mol. The number of nitrogens with one attached hydrogen (secondary N) is 1. The number of carbonyl (C=O) groups excluding carboxylic acids is 2. The number of benzene rings is 4. The van der Waals surface area contributed by atoms with Crippen LogP contribution in [-0.2, 0) is 22.7 Å². The van der Waals surface area contributed by atoms with E-state index in [1.165, 1.54) is 57.3 Å². The number of aromatic nitrogens is 3.